The van der Waals surface area contributed by atoms with Crippen molar-refractivity contribution in [3.8, 4) is 5.75 Å². The molecule has 14 heavy (non-hydrogen) atoms. The van der Waals surface area contributed by atoms with Gasteiger partial charge in [-0.15, -0.1) is 0 Å². The summed E-state index contributed by atoms with van der Waals surface area (Å²) in [5.41, 5.74) is -0.343. The van der Waals surface area contributed by atoms with Gasteiger partial charge in [0.15, 0.2) is 11.6 Å². The SMILES string of the molecule is COc1ccc2c(=O)[nH]cnc2c1F. The molecule has 0 unspecified atom stereocenters. The summed E-state index contributed by atoms with van der Waals surface area (Å²) >= 11 is 0. The second-order valence-electron chi connectivity index (χ2n) is 2.71. The number of methoxy groups -OCH3 is 1. The third kappa shape index (κ3) is 1.14. The van der Waals surface area contributed by atoms with E-state index >= 15 is 0 Å². The van der Waals surface area contributed by atoms with Crippen molar-refractivity contribution in [3.05, 3.63) is 34.6 Å². The Morgan fingerprint density at radius 3 is 3.00 bits per heavy atom. The standard InChI is InChI=1S/C9H7FN2O2/c1-14-6-3-2-5-8(7(6)10)11-4-12-9(5)13/h2-4H,1H3,(H,11,12,13). The van der Waals surface area contributed by atoms with E-state index in [1.807, 2.05) is 0 Å². The summed E-state index contributed by atoms with van der Waals surface area (Å²) in [5, 5.41) is 0.214. The number of nitrogens with zero attached hydrogens (tertiary/aromatic N) is 1. The Morgan fingerprint density at radius 1 is 1.50 bits per heavy atom. The number of hydrogen-bond donors (Lipinski definition) is 1. The molecule has 1 aromatic carbocycles. The van der Waals surface area contributed by atoms with Gasteiger partial charge in [-0.05, 0) is 12.1 Å². The van der Waals surface area contributed by atoms with E-state index < -0.39 is 5.82 Å². The Labute approximate surface area is 78.4 Å². The third-order valence-corrected chi connectivity index (χ3v) is 1.93. The lowest BCUT2D eigenvalue weighted by Crippen LogP contribution is -2.07. The van der Waals surface area contributed by atoms with Crippen LogP contribution in [-0.4, -0.2) is 17.1 Å². The second kappa shape index (κ2) is 3.10. The first-order valence-corrected chi connectivity index (χ1v) is 3.94. The van der Waals surface area contributed by atoms with Crippen molar-refractivity contribution in [2.45, 2.75) is 0 Å². The largest absolute Gasteiger partial charge is 0.494 e. The van der Waals surface area contributed by atoms with Crippen LogP contribution in [0.1, 0.15) is 0 Å². The maximum Gasteiger partial charge on any atom is 0.258 e. The predicted molar refractivity (Wildman–Crippen MR) is 48.9 cm³/mol. The fourth-order valence-corrected chi connectivity index (χ4v) is 1.25. The van der Waals surface area contributed by atoms with Crippen LogP contribution >= 0.6 is 0 Å². The van der Waals surface area contributed by atoms with Crippen molar-refractivity contribution >= 4 is 10.9 Å². The zero-order valence-electron chi connectivity index (χ0n) is 7.37. The van der Waals surface area contributed by atoms with E-state index in [1.54, 1.807) is 0 Å². The van der Waals surface area contributed by atoms with Crippen molar-refractivity contribution in [2.75, 3.05) is 7.11 Å². The number of H-pyrrole nitrogens is 1. The van der Waals surface area contributed by atoms with Gasteiger partial charge in [0, 0.05) is 0 Å². The summed E-state index contributed by atoms with van der Waals surface area (Å²) in [5.74, 6) is -0.535. The average molecular weight is 194 g/mol. The molecule has 1 N–H and O–H groups in total. The molecule has 4 nitrogen and oxygen atoms in total. The highest BCUT2D eigenvalue weighted by atomic mass is 19.1. The number of ether oxygens (including phenoxy) is 1. The van der Waals surface area contributed by atoms with Crippen molar-refractivity contribution in [2.24, 2.45) is 0 Å². The maximum atomic E-state index is 13.5. The van der Waals surface area contributed by atoms with Gasteiger partial charge in [0.25, 0.3) is 5.56 Å². The number of halogens is 1. The van der Waals surface area contributed by atoms with Crippen LogP contribution in [0, 0.1) is 5.82 Å². The van der Waals surface area contributed by atoms with Crippen LogP contribution in [0.5, 0.6) is 5.75 Å². The summed E-state index contributed by atoms with van der Waals surface area (Å²) in [4.78, 5) is 17.3. The number of benzene rings is 1. The fourth-order valence-electron chi connectivity index (χ4n) is 1.25. The summed E-state index contributed by atoms with van der Waals surface area (Å²) in [7, 11) is 1.36. The Morgan fingerprint density at radius 2 is 2.29 bits per heavy atom. The third-order valence-electron chi connectivity index (χ3n) is 1.93. The van der Waals surface area contributed by atoms with Crippen LogP contribution in [0.2, 0.25) is 0 Å². The number of fused-ring (bicyclic) bond motifs is 1. The Balaban J connectivity index is 2.91. The molecule has 1 aromatic heterocycles. The van der Waals surface area contributed by atoms with Crippen LogP contribution < -0.4 is 10.3 Å². The first-order valence-electron chi connectivity index (χ1n) is 3.94. The van der Waals surface area contributed by atoms with E-state index in [1.165, 1.54) is 19.2 Å². The number of rotatable bonds is 1. The highest BCUT2D eigenvalue weighted by molar-refractivity contribution is 5.79. The topological polar surface area (TPSA) is 55.0 Å². The predicted octanol–water partition coefficient (Wildman–Crippen LogP) is 1.07. The minimum atomic E-state index is -0.615. The van der Waals surface area contributed by atoms with Crippen molar-refractivity contribution in [1.82, 2.24) is 9.97 Å². The second-order valence-corrected chi connectivity index (χ2v) is 2.71. The fraction of sp³-hybridized carbons (Fsp3) is 0.111. The molecule has 0 aliphatic heterocycles. The highest BCUT2D eigenvalue weighted by Gasteiger charge is 2.10. The van der Waals surface area contributed by atoms with Crippen molar-refractivity contribution in [3.63, 3.8) is 0 Å². The molecule has 5 heteroatoms. The lowest BCUT2D eigenvalue weighted by molar-refractivity contribution is 0.388. The monoisotopic (exact) mass is 194 g/mol. The van der Waals surface area contributed by atoms with E-state index in [4.69, 9.17) is 4.74 Å². The number of nitrogens with one attached hydrogen (secondary N) is 1. The lowest BCUT2D eigenvalue weighted by atomic mass is 10.2. The number of hydrogen-bond acceptors (Lipinski definition) is 3. The molecule has 0 bridgehead atoms. The molecule has 0 aliphatic rings. The molecule has 0 saturated carbocycles. The lowest BCUT2D eigenvalue weighted by Gasteiger charge is -2.02. The van der Waals surface area contributed by atoms with Gasteiger partial charge >= 0.3 is 0 Å². The van der Waals surface area contributed by atoms with Crippen LogP contribution in [0.15, 0.2) is 23.3 Å². The van der Waals surface area contributed by atoms with Gasteiger partial charge in [-0.25, -0.2) is 9.37 Å². The molecule has 0 spiro atoms. The molecule has 72 valence electrons. The minimum Gasteiger partial charge on any atom is -0.494 e. The molecule has 0 saturated heterocycles. The first-order chi connectivity index (χ1) is 6.74. The summed E-state index contributed by atoms with van der Waals surface area (Å²) in [6, 6.07) is 2.87. The van der Waals surface area contributed by atoms with E-state index in [2.05, 4.69) is 9.97 Å². The zero-order valence-corrected chi connectivity index (χ0v) is 7.37. The van der Waals surface area contributed by atoms with E-state index in [9.17, 15) is 9.18 Å². The van der Waals surface area contributed by atoms with Gasteiger partial charge < -0.3 is 9.72 Å². The molecule has 0 atom stereocenters. The van der Waals surface area contributed by atoms with E-state index in [0.29, 0.717) is 0 Å². The minimum absolute atomic E-state index is 0.0214. The molecule has 0 radical (unpaired) electrons. The van der Waals surface area contributed by atoms with Gasteiger partial charge in [0.05, 0.1) is 18.8 Å². The van der Waals surface area contributed by atoms with Crippen molar-refractivity contribution in [1.29, 1.82) is 0 Å². The molecule has 0 fully saturated rings. The average Bonchev–Trinajstić information content (AvgIpc) is 2.20. The molecular formula is C9H7FN2O2. The van der Waals surface area contributed by atoms with Gasteiger partial charge in [-0.1, -0.05) is 0 Å². The Hall–Kier alpha value is -1.91. The van der Waals surface area contributed by atoms with Crippen LogP contribution in [-0.2, 0) is 0 Å². The maximum absolute atomic E-state index is 13.5. The molecular weight excluding hydrogens is 187 g/mol. The van der Waals surface area contributed by atoms with E-state index in [-0.39, 0.29) is 22.2 Å². The molecule has 1 heterocycles. The highest BCUT2D eigenvalue weighted by Crippen LogP contribution is 2.21. The first kappa shape index (κ1) is 8.68. The number of aromatic amines is 1. The quantitative estimate of drug-likeness (QED) is 0.738. The van der Waals surface area contributed by atoms with E-state index in [0.717, 1.165) is 6.33 Å². The molecule has 0 aliphatic carbocycles. The van der Waals surface area contributed by atoms with Crippen LogP contribution in [0.25, 0.3) is 10.9 Å². The van der Waals surface area contributed by atoms with Crippen LogP contribution in [0.4, 0.5) is 4.39 Å². The molecule has 2 aromatic rings. The Bertz CT molecular complexity index is 536. The van der Waals surface area contributed by atoms with Gasteiger partial charge in [-0.3, -0.25) is 4.79 Å². The summed E-state index contributed by atoms with van der Waals surface area (Å²) in [6.45, 7) is 0. The summed E-state index contributed by atoms with van der Waals surface area (Å²) < 4.78 is 18.3. The number of aromatic nitrogens is 2. The van der Waals surface area contributed by atoms with Gasteiger partial charge in [-0.2, -0.15) is 0 Å². The zero-order chi connectivity index (χ0) is 10.1. The summed E-state index contributed by atoms with van der Waals surface area (Å²) in [6.07, 6.45) is 1.16. The van der Waals surface area contributed by atoms with Gasteiger partial charge in [0.2, 0.25) is 0 Å². The van der Waals surface area contributed by atoms with Crippen LogP contribution in [0.3, 0.4) is 0 Å². The Kier molecular flexibility index (Phi) is 1.92. The smallest absolute Gasteiger partial charge is 0.258 e. The molecule has 2 rings (SSSR count). The normalized spacial score (nSPS) is 10.4. The van der Waals surface area contributed by atoms with Gasteiger partial charge in [0.1, 0.15) is 5.52 Å². The molecule has 0 amide bonds. The van der Waals surface area contributed by atoms with Crippen molar-refractivity contribution < 1.29 is 9.13 Å².